The third-order valence-electron chi connectivity index (χ3n) is 3.50. The van der Waals surface area contributed by atoms with Crippen LogP contribution in [-0.2, 0) is 0 Å². The van der Waals surface area contributed by atoms with Gasteiger partial charge in [0.1, 0.15) is 0 Å². The minimum atomic E-state index is -0.654. The van der Waals surface area contributed by atoms with Gasteiger partial charge in [0.15, 0.2) is 0 Å². The molecule has 1 rings (SSSR count). The van der Waals surface area contributed by atoms with E-state index < -0.39 is 5.60 Å². The normalized spacial score (nSPS) is 20.8. The van der Waals surface area contributed by atoms with E-state index in [9.17, 15) is 5.11 Å². The molecule has 1 unspecified atom stereocenters. The molecular formula is C13H28N2O. The van der Waals surface area contributed by atoms with Crippen molar-refractivity contribution in [3.8, 4) is 0 Å². The van der Waals surface area contributed by atoms with Crippen LogP contribution < -0.4 is 5.73 Å². The highest BCUT2D eigenvalue weighted by Gasteiger charge is 2.44. The summed E-state index contributed by atoms with van der Waals surface area (Å²) < 4.78 is 0. The molecule has 0 bridgehead atoms. The van der Waals surface area contributed by atoms with Crippen LogP contribution in [0.2, 0.25) is 0 Å². The summed E-state index contributed by atoms with van der Waals surface area (Å²) in [4.78, 5) is 2.36. The molecule has 0 amide bonds. The van der Waals surface area contributed by atoms with Gasteiger partial charge in [-0.2, -0.15) is 0 Å². The maximum Gasteiger partial charge on any atom is 0.0923 e. The number of nitrogens with zero attached hydrogens (tertiary/aromatic N) is 1. The predicted molar refractivity (Wildman–Crippen MR) is 68.3 cm³/mol. The first kappa shape index (κ1) is 13.9. The van der Waals surface area contributed by atoms with E-state index in [0.29, 0.717) is 24.4 Å². The highest BCUT2D eigenvalue weighted by Crippen LogP contribution is 2.39. The Bertz CT molecular complexity index is 214. The summed E-state index contributed by atoms with van der Waals surface area (Å²) in [6.07, 6.45) is 2.28. The molecule has 1 saturated carbocycles. The Morgan fingerprint density at radius 1 is 1.31 bits per heavy atom. The fraction of sp³-hybridized carbons (Fsp3) is 1.00. The molecule has 1 aliphatic rings. The Balaban J connectivity index is 2.58. The summed E-state index contributed by atoms with van der Waals surface area (Å²) in [7, 11) is 0. The first-order valence-electron chi connectivity index (χ1n) is 6.55. The van der Waals surface area contributed by atoms with Gasteiger partial charge in [-0.1, -0.05) is 13.8 Å². The zero-order chi connectivity index (χ0) is 12.3. The molecule has 0 heterocycles. The third kappa shape index (κ3) is 3.72. The van der Waals surface area contributed by atoms with Crippen LogP contribution in [0.15, 0.2) is 0 Å². The first-order valence-corrected chi connectivity index (χ1v) is 6.55. The Hall–Kier alpha value is -0.120. The fourth-order valence-corrected chi connectivity index (χ4v) is 2.26. The second kappa shape index (κ2) is 5.48. The second-order valence-corrected chi connectivity index (χ2v) is 6.00. The Kier molecular flexibility index (Phi) is 4.77. The van der Waals surface area contributed by atoms with Crippen molar-refractivity contribution >= 4 is 0 Å². The molecule has 1 atom stereocenters. The molecule has 16 heavy (non-hydrogen) atoms. The van der Waals surface area contributed by atoms with Crippen molar-refractivity contribution in [1.29, 1.82) is 0 Å². The van der Waals surface area contributed by atoms with E-state index in [2.05, 4.69) is 32.6 Å². The maximum absolute atomic E-state index is 10.5. The number of aliphatic hydroxyl groups is 1. The lowest BCUT2D eigenvalue weighted by molar-refractivity contribution is -0.0189. The van der Waals surface area contributed by atoms with Crippen molar-refractivity contribution in [2.24, 2.45) is 17.6 Å². The molecule has 3 N–H and O–H groups in total. The molecule has 0 aromatic heterocycles. The molecule has 0 aromatic carbocycles. The van der Waals surface area contributed by atoms with Gasteiger partial charge in [0, 0.05) is 25.7 Å². The summed E-state index contributed by atoms with van der Waals surface area (Å²) in [5.41, 5.74) is 5.10. The zero-order valence-corrected chi connectivity index (χ0v) is 11.2. The monoisotopic (exact) mass is 228 g/mol. The third-order valence-corrected chi connectivity index (χ3v) is 3.50. The molecule has 0 spiro atoms. The van der Waals surface area contributed by atoms with Crippen molar-refractivity contribution in [2.45, 2.75) is 52.2 Å². The second-order valence-electron chi connectivity index (χ2n) is 6.00. The minimum Gasteiger partial charge on any atom is -0.387 e. The molecule has 1 aliphatic carbocycles. The lowest BCUT2D eigenvalue weighted by Crippen LogP contribution is -2.52. The van der Waals surface area contributed by atoms with Crippen LogP contribution in [0.5, 0.6) is 0 Å². The zero-order valence-electron chi connectivity index (χ0n) is 11.2. The van der Waals surface area contributed by atoms with Crippen molar-refractivity contribution in [3.05, 3.63) is 0 Å². The average Bonchev–Trinajstić information content (AvgIpc) is 2.99. The molecule has 3 heteroatoms. The van der Waals surface area contributed by atoms with Crippen LogP contribution in [0, 0.1) is 11.8 Å². The molecule has 0 aromatic rings. The first-order chi connectivity index (χ1) is 7.39. The van der Waals surface area contributed by atoms with Gasteiger partial charge in [0.05, 0.1) is 5.60 Å². The van der Waals surface area contributed by atoms with Crippen molar-refractivity contribution in [2.75, 3.05) is 19.6 Å². The molecule has 96 valence electrons. The largest absolute Gasteiger partial charge is 0.387 e. The summed E-state index contributed by atoms with van der Waals surface area (Å²) in [6, 6.07) is 0.472. The van der Waals surface area contributed by atoms with E-state index in [1.165, 1.54) is 0 Å². The van der Waals surface area contributed by atoms with Gasteiger partial charge in [0.25, 0.3) is 0 Å². The fourth-order valence-electron chi connectivity index (χ4n) is 2.26. The Labute approximate surface area is 100 Å². The van der Waals surface area contributed by atoms with Gasteiger partial charge < -0.3 is 10.8 Å². The molecule has 0 saturated heterocycles. The van der Waals surface area contributed by atoms with Crippen LogP contribution >= 0.6 is 0 Å². The van der Waals surface area contributed by atoms with Crippen molar-refractivity contribution < 1.29 is 5.11 Å². The van der Waals surface area contributed by atoms with E-state index in [0.717, 1.165) is 25.9 Å². The molecule has 0 radical (unpaired) electrons. The summed E-state index contributed by atoms with van der Waals surface area (Å²) in [5, 5.41) is 10.5. The van der Waals surface area contributed by atoms with Gasteiger partial charge in [-0.05, 0) is 38.5 Å². The van der Waals surface area contributed by atoms with E-state index in [-0.39, 0.29) is 0 Å². The standard InChI is InChI=1S/C13H28N2O/c1-10(2)7-15(11(3)4)9-13(16,8-14)12-5-6-12/h10-12,16H,5-9,14H2,1-4H3. The highest BCUT2D eigenvalue weighted by molar-refractivity contribution is 4.98. The lowest BCUT2D eigenvalue weighted by Gasteiger charge is -2.37. The van der Waals surface area contributed by atoms with Crippen molar-refractivity contribution in [3.63, 3.8) is 0 Å². The molecule has 0 aliphatic heterocycles. The predicted octanol–water partition coefficient (Wildman–Crippen LogP) is 1.45. The Morgan fingerprint density at radius 3 is 2.19 bits per heavy atom. The van der Waals surface area contributed by atoms with E-state index >= 15 is 0 Å². The van der Waals surface area contributed by atoms with Crippen LogP contribution in [0.1, 0.15) is 40.5 Å². The van der Waals surface area contributed by atoms with E-state index in [1.807, 2.05) is 0 Å². The minimum absolute atomic E-state index is 0.388. The maximum atomic E-state index is 10.5. The van der Waals surface area contributed by atoms with Crippen LogP contribution in [0.3, 0.4) is 0 Å². The van der Waals surface area contributed by atoms with Crippen LogP contribution in [0.25, 0.3) is 0 Å². The van der Waals surface area contributed by atoms with Gasteiger partial charge in [-0.25, -0.2) is 0 Å². The molecular weight excluding hydrogens is 200 g/mol. The number of hydrogen-bond acceptors (Lipinski definition) is 3. The Morgan fingerprint density at radius 2 is 1.88 bits per heavy atom. The van der Waals surface area contributed by atoms with Crippen LogP contribution in [-0.4, -0.2) is 41.3 Å². The summed E-state index contributed by atoms with van der Waals surface area (Å²) in [5.74, 6) is 1.06. The van der Waals surface area contributed by atoms with Gasteiger partial charge in [-0.15, -0.1) is 0 Å². The van der Waals surface area contributed by atoms with Gasteiger partial charge >= 0.3 is 0 Å². The van der Waals surface area contributed by atoms with E-state index in [4.69, 9.17) is 5.73 Å². The molecule has 3 nitrogen and oxygen atoms in total. The highest BCUT2D eigenvalue weighted by atomic mass is 16.3. The van der Waals surface area contributed by atoms with Crippen LogP contribution in [0.4, 0.5) is 0 Å². The SMILES string of the molecule is CC(C)CN(CC(O)(CN)C1CC1)C(C)C. The topological polar surface area (TPSA) is 49.5 Å². The van der Waals surface area contributed by atoms with Crippen molar-refractivity contribution in [1.82, 2.24) is 4.90 Å². The van der Waals surface area contributed by atoms with E-state index in [1.54, 1.807) is 0 Å². The molecule has 1 fully saturated rings. The number of rotatable bonds is 7. The number of hydrogen-bond donors (Lipinski definition) is 2. The quantitative estimate of drug-likeness (QED) is 0.693. The summed E-state index contributed by atoms with van der Waals surface area (Å²) in [6.45, 7) is 11.0. The average molecular weight is 228 g/mol. The number of nitrogens with two attached hydrogens (primary N) is 1. The van der Waals surface area contributed by atoms with Gasteiger partial charge in [0.2, 0.25) is 0 Å². The van der Waals surface area contributed by atoms with Gasteiger partial charge in [-0.3, -0.25) is 4.90 Å². The smallest absolute Gasteiger partial charge is 0.0923 e. The lowest BCUT2D eigenvalue weighted by atomic mass is 9.96. The summed E-state index contributed by atoms with van der Waals surface area (Å²) >= 11 is 0.